The van der Waals surface area contributed by atoms with Crippen LogP contribution in [0.5, 0.6) is 0 Å². The summed E-state index contributed by atoms with van der Waals surface area (Å²) in [5.41, 5.74) is 2.78. The number of amides is 1. The lowest BCUT2D eigenvalue weighted by atomic mass is 10.1. The number of fused-ring (bicyclic) bond motifs is 1. The van der Waals surface area contributed by atoms with Gasteiger partial charge in [-0.05, 0) is 37.0 Å². The molecule has 1 aliphatic carbocycles. The van der Waals surface area contributed by atoms with Gasteiger partial charge in [0, 0.05) is 37.1 Å². The van der Waals surface area contributed by atoms with Crippen LogP contribution in [-0.4, -0.2) is 30.9 Å². The van der Waals surface area contributed by atoms with Crippen LogP contribution in [0.15, 0.2) is 22.7 Å². The van der Waals surface area contributed by atoms with Gasteiger partial charge < -0.3 is 10.2 Å². The Morgan fingerprint density at radius 1 is 1.53 bits per heavy atom. The molecule has 0 radical (unpaired) electrons. The van der Waals surface area contributed by atoms with Crippen molar-refractivity contribution in [3.63, 3.8) is 0 Å². The van der Waals surface area contributed by atoms with E-state index >= 15 is 0 Å². The van der Waals surface area contributed by atoms with Crippen LogP contribution in [0, 0.1) is 0 Å². The highest BCUT2D eigenvalue weighted by Crippen LogP contribution is 2.35. The van der Waals surface area contributed by atoms with Gasteiger partial charge in [-0.15, -0.1) is 0 Å². The third-order valence-electron chi connectivity index (χ3n) is 3.68. The van der Waals surface area contributed by atoms with Crippen LogP contribution in [0.1, 0.15) is 36.9 Å². The van der Waals surface area contributed by atoms with E-state index in [1.165, 1.54) is 15.6 Å². The summed E-state index contributed by atoms with van der Waals surface area (Å²) in [7, 11) is 3.61. The molecular formula is C15H21BrN2O. The molecule has 0 fully saturated rings. The maximum Gasteiger partial charge on any atom is 0.223 e. The van der Waals surface area contributed by atoms with Crippen molar-refractivity contribution < 1.29 is 4.79 Å². The lowest BCUT2D eigenvalue weighted by Gasteiger charge is -2.21. The molecule has 19 heavy (non-hydrogen) atoms. The lowest BCUT2D eigenvalue weighted by Crippen LogP contribution is -2.35. The average Bonchev–Trinajstić information content (AvgIpc) is 2.73. The minimum absolute atomic E-state index is 0.174. The van der Waals surface area contributed by atoms with E-state index in [1.807, 2.05) is 0 Å². The van der Waals surface area contributed by atoms with Crippen molar-refractivity contribution in [3.05, 3.63) is 33.8 Å². The van der Waals surface area contributed by atoms with Crippen LogP contribution in [0.25, 0.3) is 0 Å². The fourth-order valence-corrected chi connectivity index (χ4v) is 3.21. The van der Waals surface area contributed by atoms with Crippen LogP contribution in [-0.2, 0) is 11.2 Å². The molecule has 0 spiro atoms. The zero-order valence-corrected chi connectivity index (χ0v) is 13.3. The van der Waals surface area contributed by atoms with Crippen LogP contribution in [0.4, 0.5) is 0 Å². The Morgan fingerprint density at radius 2 is 2.26 bits per heavy atom. The summed E-state index contributed by atoms with van der Waals surface area (Å²) in [4.78, 5) is 13.4. The molecule has 0 aromatic heterocycles. The number of nitrogens with zero attached hydrogens (tertiary/aromatic N) is 1. The van der Waals surface area contributed by atoms with E-state index in [-0.39, 0.29) is 11.9 Å². The molecule has 3 nitrogen and oxygen atoms in total. The predicted molar refractivity (Wildman–Crippen MR) is 81.1 cm³/mol. The SMILES string of the molecule is C[C@@H](CC(=O)N(C)C)N[C@@H]1CCc2c(Br)cccc21. The molecule has 0 unspecified atom stereocenters. The molecule has 1 aromatic carbocycles. The zero-order valence-electron chi connectivity index (χ0n) is 11.7. The number of nitrogens with one attached hydrogen (secondary N) is 1. The second-order valence-electron chi connectivity index (χ2n) is 5.46. The fourth-order valence-electron chi connectivity index (χ4n) is 2.63. The maximum atomic E-state index is 11.7. The first kappa shape index (κ1) is 14.5. The second kappa shape index (κ2) is 6.06. The number of hydrogen-bond acceptors (Lipinski definition) is 2. The van der Waals surface area contributed by atoms with Crippen molar-refractivity contribution in [1.82, 2.24) is 10.2 Å². The lowest BCUT2D eigenvalue weighted by molar-refractivity contribution is -0.129. The van der Waals surface area contributed by atoms with Crippen LogP contribution in [0.3, 0.4) is 0 Å². The van der Waals surface area contributed by atoms with Crippen LogP contribution < -0.4 is 5.32 Å². The standard InChI is InChI=1S/C15H21BrN2O/c1-10(9-15(19)18(2)3)17-14-8-7-11-12(14)5-4-6-13(11)16/h4-6,10,14,17H,7-9H2,1-3H3/t10-,14+/m0/s1. The molecule has 4 heteroatoms. The van der Waals surface area contributed by atoms with Gasteiger partial charge >= 0.3 is 0 Å². The number of carbonyl (C=O) groups is 1. The molecule has 2 rings (SSSR count). The zero-order chi connectivity index (χ0) is 14.0. The van der Waals surface area contributed by atoms with E-state index < -0.39 is 0 Å². The topological polar surface area (TPSA) is 32.3 Å². The Hall–Kier alpha value is -0.870. The summed E-state index contributed by atoms with van der Waals surface area (Å²) in [6.07, 6.45) is 2.76. The van der Waals surface area contributed by atoms with E-state index in [1.54, 1.807) is 19.0 Å². The average molecular weight is 325 g/mol. The summed E-state index contributed by atoms with van der Waals surface area (Å²) >= 11 is 3.61. The summed E-state index contributed by atoms with van der Waals surface area (Å²) in [5, 5.41) is 3.58. The van der Waals surface area contributed by atoms with Gasteiger partial charge in [-0.3, -0.25) is 4.79 Å². The van der Waals surface area contributed by atoms with Crippen molar-refractivity contribution in [2.24, 2.45) is 0 Å². The molecule has 0 heterocycles. The highest BCUT2D eigenvalue weighted by molar-refractivity contribution is 9.10. The van der Waals surface area contributed by atoms with E-state index in [9.17, 15) is 4.79 Å². The summed E-state index contributed by atoms with van der Waals surface area (Å²) in [5.74, 6) is 0.174. The molecular weight excluding hydrogens is 304 g/mol. The van der Waals surface area contributed by atoms with Gasteiger partial charge in [0.15, 0.2) is 0 Å². The van der Waals surface area contributed by atoms with Crippen molar-refractivity contribution in [1.29, 1.82) is 0 Å². The highest BCUT2D eigenvalue weighted by atomic mass is 79.9. The van der Waals surface area contributed by atoms with Gasteiger partial charge in [0.1, 0.15) is 0 Å². The van der Waals surface area contributed by atoms with E-state index in [2.05, 4.69) is 46.4 Å². The van der Waals surface area contributed by atoms with Crippen LogP contribution >= 0.6 is 15.9 Å². The van der Waals surface area contributed by atoms with E-state index in [4.69, 9.17) is 0 Å². The molecule has 2 atom stereocenters. The van der Waals surface area contributed by atoms with E-state index in [0.29, 0.717) is 12.5 Å². The Bertz CT molecular complexity index is 473. The molecule has 0 aliphatic heterocycles. The van der Waals surface area contributed by atoms with Crippen molar-refractivity contribution in [2.75, 3.05) is 14.1 Å². The van der Waals surface area contributed by atoms with Crippen molar-refractivity contribution >= 4 is 21.8 Å². The largest absolute Gasteiger partial charge is 0.349 e. The molecule has 0 saturated heterocycles. The molecule has 1 amide bonds. The molecule has 0 saturated carbocycles. The number of halogens is 1. The second-order valence-corrected chi connectivity index (χ2v) is 6.31. The first-order valence-corrected chi connectivity index (χ1v) is 7.52. The summed E-state index contributed by atoms with van der Waals surface area (Å²) < 4.78 is 1.20. The normalized spacial score (nSPS) is 19.1. The minimum atomic E-state index is 0.174. The fraction of sp³-hybridized carbons (Fsp3) is 0.533. The molecule has 0 bridgehead atoms. The quantitative estimate of drug-likeness (QED) is 0.923. The van der Waals surface area contributed by atoms with Crippen LogP contribution in [0.2, 0.25) is 0 Å². The number of rotatable bonds is 4. The van der Waals surface area contributed by atoms with Crippen molar-refractivity contribution in [2.45, 2.75) is 38.3 Å². The minimum Gasteiger partial charge on any atom is -0.349 e. The third kappa shape index (κ3) is 3.37. The van der Waals surface area contributed by atoms with E-state index in [0.717, 1.165) is 12.8 Å². The van der Waals surface area contributed by atoms with Gasteiger partial charge in [-0.2, -0.15) is 0 Å². The van der Waals surface area contributed by atoms with Gasteiger partial charge in [-0.1, -0.05) is 28.1 Å². The Morgan fingerprint density at radius 3 is 2.95 bits per heavy atom. The highest BCUT2D eigenvalue weighted by Gasteiger charge is 2.25. The van der Waals surface area contributed by atoms with Gasteiger partial charge in [0.05, 0.1) is 0 Å². The Labute approximate surface area is 123 Å². The van der Waals surface area contributed by atoms with Gasteiger partial charge in [0.2, 0.25) is 5.91 Å². The monoisotopic (exact) mass is 324 g/mol. The van der Waals surface area contributed by atoms with Gasteiger partial charge in [0.25, 0.3) is 0 Å². The van der Waals surface area contributed by atoms with Crippen molar-refractivity contribution in [3.8, 4) is 0 Å². The number of carbonyl (C=O) groups excluding carboxylic acids is 1. The summed E-state index contributed by atoms with van der Waals surface area (Å²) in [6, 6.07) is 6.94. The Balaban J connectivity index is 1.99. The first-order valence-electron chi connectivity index (χ1n) is 6.72. The van der Waals surface area contributed by atoms with Gasteiger partial charge in [-0.25, -0.2) is 0 Å². The Kier molecular flexibility index (Phi) is 4.63. The summed E-state index contributed by atoms with van der Waals surface area (Å²) in [6.45, 7) is 2.08. The smallest absolute Gasteiger partial charge is 0.223 e. The molecule has 1 aliphatic rings. The molecule has 1 aromatic rings. The predicted octanol–water partition coefficient (Wildman–Crippen LogP) is 2.89. The number of benzene rings is 1. The maximum absolute atomic E-state index is 11.7. The first-order chi connectivity index (χ1) is 8.99. The number of hydrogen-bond donors (Lipinski definition) is 1. The molecule has 104 valence electrons. The molecule has 1 N–H and O–H groups in total. The third-order valence-corrected chi connectivity index (χ3v) is 4.42.